The normalized spacial score (nSPS) is 16.2. The van der Waals surface area contributed by atoms with Crippen molar-refractivity contribution in [2.24, 2.45) is 0 Å². The first-order valence-corrected chi connectivity index (χ1v) is 12.7. The van der Waals surface area contributed by atoms with Crippen LogP contribution >= 0.6 is 22.9 Å². The first-order chi connectivity index (χ1) is 15.3. The van der Waals surface area contributed by atoms with E-state index in [0.717, 1.165) is 4.88 Å². The van der Waals surface area contributed by atoms with E-state index in [2.05, 4.69) is 19.8 Å². The van der Waals surface area contributed by atoms with E-state index in [-0.39, 0.29) is 10.8 Å². The highest BCUT2D eigenvalue weighted by molar-refractivity contribution is 7.89. The third-order valence-corrected chi connectivity index (χ3v) is 7.75. The number of amides is 1. The molecule has 0 bridgehead atoms. The Morgan fingerprint density at radius 1 is 1.22 bits per heavy atom. The highest BCUT2D eigenvalue weighted by Crippen LogP contribution is 2.22. The lowest BCUT2D eigenvalue weighted by Crippen LogP contribution is -2.53. The number of halogens is 1. The minimum Gasteiger partial charge on any atom is -0.339 e. The number of nitrogens with one attached hydrogen (secondary N) is 1. The fourth-order valence-electron chi connectivity index (χ4n) is 3.38. The van der Waals surface area contributed by atoms with Gasteiger partial charge in [0.25, 0.3) is 0 Å². The van der Waals surface area contributed by atoms with Gasteiger partial charge in [-0.05, 0) is 42.6 Å². The zero-order valence-corrected chi connectivity index (χ0v) is 19.7. The van der Waals surface area contributed by atoms with Gasteiger partial charge in [-0.15, -0.1) is 11.3 Å². The Hall–Kier alpha value is -2.31. The summed E-state index contributed by atoms with van der Waals surface area (Å²) in [6.45, 7) is 4.26. The van der Waals surface area contributed by atoms with E-state index < -0.39 is 16.1 Å². The number of carbonyl (C=O) groups is 1. The molecule has 0 saturated carbocycles. The molecule has 1 amide bonds. The number of aromatic nitrogens is 2. The van der Waals surface area contributed by atoms with Gasteiger partial charge in [-0.3, -0.25) is 9.69 Å². The number of carbonyl (C=O) groups excluding carboxylic acids is 1. The largest absolute Gasteiger partial charge is 0.339 e. The molecule has 1 N–H and O–H groups in total. The molecule has 1 aromatic carbocycles. The van der Waals surface area contributed by atoms with Crippen LogP contribution in [0.3, 0.4) is 0 Å². The van der Waals surface area contributed by atoms with Gasteiger partial charge in [-0.25, -0.2) is 8.42 Å². The van der Waals surface area contributed by atoms with E-state index in [0.29, 0.717) is 49.5 Å². The van der Waals surface area contributed by atoms with Crippen molar-refractivity contribution in [2.75, 3.05) is 26.2 Å². The zero-order chi connectivity index (χ0) is 22.7. The van der Waals surface area contributed by atoms with Crippen LogP contribution in [0.4, 0.5) is 0 Å². The number of thiophene rings is 1. The van der Waals surface area contributed by atoms with Crippen LogP contribution in [0.1, 0.15) is 12.8 Å². The second-order valence-corrected chi connectivity index (χ2v) is 10.5. The second-order valence-electron chi connectivity index (χ2n) is 7.39. The van der Waals surface area contributed by atoms with Crippen molar-refractivity contribution in [1.29, 1.82) is 0 Å². The molecule has 0 radical (unpaired) electrons. The summed E-state index contributed by atoms with van der Waals surface area (Å²) in [5.41, 5.74) is 0. The average molecular weight is 496 g/mol. The van der Waals surface area contributed by atoms with Gasteiger partial charge in [0, 0.05) is 31.2 Å². The van der Waals surface area contributed by atoms with Crippen LogP contribution < -0.4 is 4.72 Å². The van der Waals surface area contributed by atoms with Gasteiger partial charge in [0.05, 0.1) is 22.4 Å². The Morgan fingerprint density at radius 3 is 2.59 bits per heavy atom. The Balaban J connectivity index is 1.29. The number of hydrogen-bond donors (Lipinski definition) is 1. The SMILES string of the molecule is C[C@H](NS(=O)(=O)c1ccc(Cl)cc1)C(=O)N1CCN(Cc2nc(-c3cccs3)no2)CC1. The lowest BCUT2D eigenvalue weighted by atomic mass is 10.2. The predicted molar refractivity (Wildman–Crippen MR) is 121 cm³/mol. The summed E-state index contributed by atoms with van der Waals surface area (Å²) in [5.74, 6) is 0.836. The standard InChI is InChI=1S/C20H22ClN5O4S2/c1-14(24-32(28,29)16-6-4-15(21)5-7-16)20(27)26-10-8-25(9-11-26)13-18-22-19(23-30-18)17-3-2-12-31-17/h2-7,12,14,24H,8-11,13H2,1H3/t14-/m0/s1. The third kappa shape index (κ3) is 5.36. The van der Waals surface area contributed by atoms with Crippen molar-refractivity contribution in [3.63, 3.8) is 0 Å². The van der Waals surface area contributed by atoms with Crippen LogP contribution in [0.15, 0.2) is 51.2 Å². The summed E-state index contributed by atoms with van der Waals surface area (Å²) in [6, 6.07) is 8.79. The van der Waals surface area contributed by atoms with E-state index in [9.17, 15) is 13.2 Å². The zero-order valence-electron chi connectivity index (χ0n) is 17.3. The molecule has 1 aliphatic heterocycles. The van der Waals surface area contributed by atoms with E-state index >= 15 is 0 Å². The van der Waals surface area contributed by atoms with Gasteiger partial charge >= 0.3 is 0 Å². The Kier molecular flexibility index (Phi) is 6.91. The molecule has 170 valence electrons. The number of nitrogens with zero attached hydrogens (tertiary/aromatic N) is 4. The van der Waals surface area contributed by atoms with E-state index in [1.165, 1.54) is 24.3 Å². The number of rotatable bonds is 7. The fourth-order valence-corrected chi connectivity index (χ4v) is 5.35. The molecule has 9 nitrogen and oxygen atoms in total. The number of piperazine rings is 1. The topological polar surface area (TPSA) is 109 Å². The quantitative estimate of drug-likeness (QED) is 0.536. The van der Waals surface area contributed by atoms with E-state index in [4.69, 9.17) is 16.1 Å². The lowest BCUT2D eigenvalue weighted by molar-refractivity contribution is -0.134. The molecular formula is C20H22ClN5O4S2. The van der Waals surface area contributed by atoms with Crippen LogP contribution in [-0.2, 0) is 21.4 Å². The number of sulfonamides is 1. The Bertz CT molecular complexity index is 1160. The molecule has 1 fully saturated rings. The van der Waals surface area contributed by atoms with Crippen LogP contribution in [0.5, 0.6) is 0 Å². The van der Waals surface area contributed by atoms with Crippen molar-refractivity contribution >= 4 is 38.9 Å². The third-order valence-electron chi connectivity index (χ3n) is 5.08. The Morgan fingerprint density at radius 2 is 1.94 bits per heavy atom. The predicted octanol–water partition coefficient (Wildman–Crippen LogP) is 2.46. The van der Waals surface area contributed by atoms with Gasteiger partial charge in [-0.1, -0.05) is 22.8 Å². The maximum Gasteiger partial charge on any atom is 0.241 e. The van der Waals surface area contributed by atoms with Gasteiger partial charge in [0.1, 0.15) is 0 Å². The first-order valence-electron chi connectivity index (χ1n) is 9.97. The van der Waals surface area contributed by atoms with Crippen molar-refractivity contribution in [3.05, 3.63) is 52.7 Å². The molecule has 2 aromatic heterocycles. The average Bonchev–Trinajstić information content (AvgIpc) is 3.46. The van der Waals surface area contributed by atoms with Crippen molar-refractivity contribution < 1.29 is 17.7 Å². The number of hydrogen-bond acceptors (Lipinski definition) is 8. The highest BCUT2D eigenvalue weighted by atomic mass is 35.5. The van der Waals surface area contributed by atoms with E-state index in [1.807, 2.05) is 17.5 Å². The highest BCUT2D eigenvalue weighted by Gasteiger charge is 2.28. The summed E-state index contributed by atoms with van der Waals surface area (Å²) < 4.78 is 32.9. The summed E-state index contributed by atoms with van der Waals surface area (Å²) in [7, 11) is -3.82. The Labute approximate surface area is 195 Å². The maximum absolute atomic E-state index is 12.8. The van der Waals surface area contributed by atoms with Crippen molar-refractivity contribution in [2.45, 2.75) is 24.4 Å². The van der Waals surface area contributed by atoms with Crippen molar-refractivity contribution in [3.8, 4) is 10.7 Å². The molecule has 0 aliphatic carbocycles. The van der Waals surface area contributed by atoms with Gasteiger partial charge in [-0.2, -0.15) is 9.71 Å². The van der Waals surface area contributed by atoms with Crippen LogP contribution in [-0.4, -0.2) is 66.5 Å². The molecule has 3 heterocycles. The number of benzene rings is 1. The van der Waals surface area contributed by atoms with Crippen LogP contribution in [0.25, 0.3) is 10.7 Å². The van der Waals surface area contributed by atoms with Gasteiger partial charge in [0.2, 0.25) is 27.6 Å². The monoisotopic (exact) mass is 495 g/mol. The molecule has 0 unspecified atom stereocenters. The summed E-state index contributed by atoms with van der Waals surface area (Å²) in [4.78, 5) is 22.0. The molecular weight excluding hydrogens is 474 g/mol. The summed E-state index contributed by atoms with van der Waals surface area (Å²) in [6.07, 6.45) is 0. The van der Waals surface area contributed by atoms with Gasteiger partial charge < -0.3 is 9.42 Å². The van der Waals surface area contributed by atoms with Crippen molar-refractivity contribution in [1.82, 2.24) is 24.7 Å². The molecule has 12 heteroatoms. The molecule has 1 atom stereocenters. The first kappa shape index (κ1) is 22.9. The molecule has 0 spiro atoms. The molecule has 1 aliphatic rings. The summed E-state index contributed by atoms with van der Waals surface area (Å²) >= 11 is 7.36. The molecule has 4 rings (SSSR count). The maximum atomic E-state index is 12.8. The minimum atomic E-state index is -3.82. The summed E-state index contributed by atoms with van der Waals surface area (Å²) in [5, 5.41) is 6.41. The fraction of sp³-hybridized carbons (Fsp3) is 0.350. The smallest absolute Gasteiger partial charge is 0.241 e. The molecule has 1 saturated heterocycles. The van der Waals surface area contributed by atoms with Crippen LogP contribution in [0, 0.1) is 0 Å². The minimum absolute atomic E-state index is 0.0628. The second kappa shape index (κ2) is 9.67. The van der Waals surface area contributed by atoms with Gasteiger partial charge in [0.15, 0.2) is 0 Å². The van der Waals surface area contributed by atoms with Crippen LogP contribution in [0.2, 0.25) is 5.02 Å². The molecule has 3 aromatic rings. The van der Waals surface area contributed by atoms with E-state index in [1.54, 1.807) is 23.2 Å². The molecule has 32 heavy (non-hydrogen) atoms. The lowest BCUT2D eigenvalue weighted by Gasteiger charge is -2.35.